The number of anilines is 1. The first-order valence-corrected chi connectivity index (χ1v) is 6.08. The minimum absolute atomic E-state index is 0.0185. The summed E-state index contributed by atoms with van der Waals surface area (Å²) in [6.45, 7) is 2.94. The zero-order valence-electron chi connectivity index (χ0n) is 10.6. The fraction of sp³-hybridized carbons (Fsp3) is 0.462. The summed E-state index contributed by atoms with van der Waals surface area (Å²) in [7, 11) is 1.59. The van der Waals surface area contributed by atoms with Gasteiger partial charge in [-0.2, -0.15) is 0 Å². The van der Waals surface area contributed by atoms with Gasteiger partial charge >= 0.3 is 0 Å². The Morgan fingerprint density at radius 1 is 1.50 bits per heavy atom. The van der Waals surface area contributed by atoms with Crippen molar-refractivity contribution in [3.63, 3.8) is 0 Å². The van der Waals surface area contributed by atoms with Crippen molar-refractivity contribution in [3.8, 4) is 5.75 Å². The van der Waals surface area contributed by atoms with Gasteiger partial charge in [0.2, 0.25) is 5.91 Å². The highest BCUT2D eigenvalue weighted by Gasteiger charge is 2.26. The molecule has 0 aromatic heterocycles. The summed E-state index contributed by atoms with van der Waals surface area (Å²) >= 11 is 0. The Balaban J connectivity index is 1.84. The van der Waals surface area contributed by atoms with Crippen molar-refractivity contribution in [2.45, 2.75) is 0 Å². The second-order valence-corrected chi connectivity index (χ2v) is 4.54. The van der Waals surface area contributed by atoms with E-state index in [1.165, 1.54) is 0 Å². The Morgan fingerprint density at radius 2 is 2.22 bits per heavy atom. The molecule has 0 spiro atoms. The molecular formula is C13H19N3O2. The molecule has 1 amide bonds. The minimum Gasteiger partial charge on any atom is -0.495 e. The zero-order chi connectivity index (χ0) is 13.0. The third kappa shape index (κ3) is 3.00. The Labute approximate surface area is 107 Å². The van der Waals surface area contributed by atoms with Crippen LogP contribution in [-0.2, 0) is 4.79 Å². The number of hydrogen-bond donors (Lipinski definition) is 2. The van der Waals surface area contributed by atoms with Crippen molar-refractivity contribution in [1.82, 2.24) is 4.90 Å². The number of methoxy groups -OCH3 is 1. The van der Waals surface area contributed by atoms with Gasteiger partial charge in [0, 0.05) is 13.1 Å². The van der Waals surface area contributed by atoms with E-state index in [2.05, 4.69) is 10.2 Å². The quantitative estimate of drug-likeness (QED) is 0.798. The Hall–Kier alpha value is -1.59. The van der Waals surface area contributed by atoms with Crippen molar-refractivity contribution in [1.29, 1.82) is 0 Å². The van der Waals surface area contributed by atoms with E-state index in [1.807, 2.05) is 24.3 Å². The van der Waals surface area contributed by atoms with Crippen molar-refractivity contribution < 1.29 is 9.53 Å². The van der Waals surface area contributed by atoms with Crippen LogP contribution in [0.3, 0.4) is 0 Å². The average molecular weight is 249 g/mol. The molecule has 18 heavy (non-hydrogen) atoms. The predicted molar refractivity (Wildman–Crippen MR) is 70.6 cm³/mol. The van der Waals surface area contributed by atoms with E-state index in [9.17, 15) is 4.79 Å². The number of para-hydroxylation sites is 2. The summed E-state index contributed by atoms with van der Waals surface area (Å²) in [6.07, 6.45) is 0. The molecule has 0 saturated carbocycles. The molecule has 1 fully saturated rings. The molecule has 0 aliphatic carbocycles. The lowest BCUT2D eigenvalue weighted by Gasteiger charge is -2.37. The zero-order valence-corrected chi connectivity index (χ0v) is 10.6. The number of benzene rings is 1. The van der Waals surface area contributed by atoms with Crippen molar-refractivity contribution >= 4 is 11.6 Å². The molecule has 3 N–H and O–H groups in total. The SMILES string of the molecule is COc1ccccc1NC(=O)CN1CC(CN)C1. The molecule has 1 saturated heterocycles. The molecule has 0 bridgehead atoms. The van der Waals surface area contributed by atoms with Crippen LogP contribution in [0.15, 0.2) is 24.3 Å². The number of ether oxygens (including phenoxy) is 1. The van der Waals surface area contributed by atoms with E-state index in [-0.39, 0.29) is 5.91 Å². The highest BCUT2D eigenvalue weighted by molar-refractivity contribution is 5.93. The van der Waals surface area contributed by atoms with Crippen LogP contribution in [0.4, 0.5) is 5.69 Å². The van der Waals surface area contributed by atoms with E-state index in [0.29, 0.717) is 30.4 Å². The third-order valence-corrected chi connectivity index (χ3v) is 3.11. The van der Waals surface area contributed by atoms with Gasteiger partial charge in [0.05, 0.1) is 19.3 Å². The van der Waals surface area contributed by atoms with Gasteiger partial charge in [-0.25, -0.2) is 0 Å². The van der Waals surface area contributed by atoms with Crippen LogP contribution in [0, 0.1) is 5.92 Å². The molecule has 1 aromatic rings. The van der Waals surface area contributed by atoms with E-state index in [4.69, 9.17) is 10.5 Å². The van der Waals surface area contributed by atoms with Crippen molar-refractivity contribution in [2.24, 2.45) is 11.7 Å². The first kappa shape index (κ1) is 12.9. The highest BCUT2D eigenvalue weighted by Crippen LogP contribution is 2.23. The Morgan fingerprint density at radius 3 is 2.89 bits per heavy atom. The fourth-order valence-electron chi connectivity index (χ4n) is 2.10. The number of nitrogens with one attached hydrogen (secondary N) is 1. The van der Waals surface area contributed by atoms with Gasteiger partial charge in [-0.3, -0.25) is 9.69 Å². The molecule has 1 aliphatic heterocycles. The Bertz CT molecular complexity index is 416. The normalized spacial score (nSPS) is 16.1. The summed E-state index contributed by atoms with van der Waals surface area (Å²) in [5, 5.41) is 2.86. The molecule has 98 valence electrons. The number of nitrogens with two attached hydrogens (primary N) is 1. The molecule has 1 aromatic carbocycles. The fourth-order valence-corrected chi connectivity index (χ4v) is 2.10. The largest absolute Gasteiger partial charge is 0.495 e. The van der Waals surface area contributed by atoms with Gasteiger partial charge < -0.3 is 15.8 Å². The standard InChI is InChI=1S/C13H19N3O2/c1-18-12-5-3-2-4-11(12)15-13(17)9-16-7-10(6-14)8-16/h2-5,10H,6-9,14H2,1H3,(H,15,17). The molecule has 2 rings (SSSR count). The monoisotopic (exact) mass is 249 g/mol. The molecule has 0 radical (unpaired) electrons. The maximum absolute atomic E-state index is 11.8. The van der Waals surface area contributed by atoms with Gasteiger partial charge in [0.25, 0.3) is 0 Å². The third-order valence-electron chi connectivity index (χ3n) is 3.11. The lowest BCUT2D eigenvalue weighted by atomic mass is 10.0. The van der Waals surface area contributed by atoms with Gasteiger partial charge in [0.15, 0.2) is 0 Å². The molecule has 0 atom stereocenters. The van der Waals surface area contributed by atoms with Crippen LogP contribution in [0.1, 0.15) is 0 Å². The molecule has 5 heteroatoms. The number of rotatable bonds is 5. The molecule has 1 heterocycles. The van der Waals surface area contributed by atoms with Gasteiger partial charge in [0.1, 0.15) is 5.75 Å². The number of carbonyl (C=O) groups excluding carboxylic acids is 1. The van der Waals surface area contributed by atoms with Crippen LogP contribution in [0.25, 0.3) is 0 Å². The highest BCUT2D eigenvalue weighted by atomic mass is 16.5. The molecular weight excluding hydrogens is 230 g/mol. The van der Waals surface area contributed by atoms with Crippen molar-refractivity contribution in [2.75, 3.05) is 38.6 Å². The summed E-state index contributed by atoms with van der Waals surface area (Å²) in [4.78, 5) is 13.9. The summed E-state index contributed by atoms with van der Waals surface area (Å²) in [6, 6.07) is 7.39. The van der Waals surface area contributed by atoms with Crippen molar-refractivity contribution in [3.05, 3.63) is 24.3 Å². The van der Waals surface area contributed by atoms with Gasteiger partial charge in [-0.05, 0) is 24.6 Å². The number of carbonyl (C=O) groups is 1. The van der Waals surface area contributed by atoms with Gasteiger partial charge in [-0.1, -0.05) is 12.1 Å². The van der Waals surface area contributed by atoms with Crippen LogP contribution >= 0.6 is 0 Å². The van der Waals surface area contributed by atoms with Gasteiger partial charge in [-0.15, -0.1) is 0 Å². The van der Waals surface area contributed by atoms with Crippen LogP contribution < -0.4 is 15.8 Å². The Kier molecular flexibility index (Phi) is 4.17. The smallest absolute Gasteiger partial charge is 0.238 e. The number of amides is 1. The van der Waals surface area contributed by atoms with Crippen LogP contribution in [0.5, 0.6) is 5.75 Å². The maximum Gasteiger partial charge on any atom is 0.238 e. The lowest BCUT2D eigenvalue weighted by molar-refractivity contribution is -0.118. The lowest BCUT2D eigenvalue weighted by Crippen LogP contribution is -2.52. The summed E-state index contributed by atoms with van der Waals surface area (Å²) < 4.78 is 5.18. The number of likely N-dealkylation sites (tertiary alicyclic amines) is 1. The van der Waals surface area contributed by atoms with Crippen LogP contribution in [0.2, 0.25) is 0 Å². The topological polar surface area (TPSA) is 67.6 Å². The number of hydrogen-bond acceptors (Lipinski definition) is 4. The molecule has 1 aliphatic rings. The average Bonchev–Trinajstić information content (AvgIpc) is 2.34. The van der Waals surface area contributed by atoms with E-state index >= 15 is 0 Å². The first-order valence-electron chi connectivity index (χ1n) is 6.08. The predicted octanol–water partition coefficient (Wildman–Crippen LogP) is 0.524. The maximum atomic E-state index is 11.8. The number of nitrogens with zero attached hydrogens (tertiary/aromatic N) is 1. The van der Waals surface area contributed by atoms with E-state index in [1.54, 1.807) is 7.11 Å². The second-order valence-electron chi connectivity index (χ2n) is 4.54. The minimum atomic E-state index is -0.0185. The molecule has 5 nitrogen and oxygen atoms in total. The summed E-state index contributed by atoms with van der Waals surface area (Å²) in [5.41, 5.74) is 6.25. The molecule has 0 unspecified atom stereocenters. The van der Waals surface area contributed by atoms with E-state index in [0.717, 1.165) is 13.1 Å². The van der Waals surface area contributed by atoms with E-state index < -0.39 is 0 Å². The first-order chi connectivity index (χ1) is 8.72. The second kappa shape index (κ2) is 5.84. The van der Waals surface area contributed by atoms with Crippen LogP contribution in [-0.4, -0.2) is 44.1 Å². The summed E-state index contributed by atoms with van der Waals surface area (Å²) in [5.74, 6) is 1.20.